The normalized spacial score (nSPS) is 10.4. The topological polar surface area (TPSA) is 68.2 Å². The summed E-state index contributed by atoms with van der Waals surface area (Å²) >= 11 is 0. The Kier molecular flexibility index (Phi) is 2.76. The van der Waals surface area contributed by atoms with Crippen molar-refractivity contribution >= 4 is 11.6 Å². The third kappa shape index (κ3) is 2.13. The second kappa shape index (κ2) is 4.22. The van der Waals surface area contributed by atoms with Crippen molar-refractivity contribution in [2.24, 2.45) is 0 Å². The highest BCUT2D eigenvalue weighted by molar-refractivity contribution is 5.39. The Balaban J connectivity index is 2.11. The number of nitrogens with two attached hydrogens (primary N) is 1. The second-order valence-electron chi connectivity index (χ2n) is 3.66. The van der Waals surface area contributed by atoms with Crippen molar-refractivity contribution in [2.45, 2.75) is 13.5 Å². The third-order valence-corrected chi connectivity index (χ3v) is 2.42. The van der Waals surface area contributed by atoms with E-state index >= 15 is 0 Å². The summed E-state index contributed by atoms with van der Waals surface area (Å²) in [7, 11) is 1.95. The maximum absolute atomic E-state index is 5.48. The van der Waals surface area contributed by atoms with Gasteiger partial charge in [-0.1, -0.05) is 0 Å². The summed E-state index contributed by atoms with van der Waals surface area (Å²) in [6.07, 6.45) is 4.89. The number of hydrogen-bond acceptors (Lipinski definition) is 5. The standard InChI is InChI=1S/C11H14N4O/c1-8-9(3-4-16-8)7-15(2)11-6-13-10(12)5-14-11/h3-6H,7H2,1-2H3,(H2,12,13). The predicted octanol–water partition coefficient (Wildman–Crippen LogP) is 1.60. The van der Waals surface area contributed by atoms with E-state index in [0.717, 1.165) is 23.7 Å². The van der Waals surface area contributed by atoms with Crippen LogP contribution in [0.4, 0.5) is 11.6 Å². The van der Waals surface area contributed by atoms with Gasteiger partial charge in [0.1, 0.15) is 17.4 Å². The second-order valence-corrected chi connectivity index (χ2v) is 3.66. The quantitative estimate of drug-likeness (QED) is 0.847. The van der Waals surface area contributed by atoms with Crippen LogP contribution < -0.4 is 10.6 Å². The number of furan rings is 1. The molecule has 0 aliphatic rings. The van der Waals surface area contributed by atoms with E-state index in [1.54, 1.807) is 18.7 Å². The third-order valence-electron chi connectivity index (χ3n) is 2.42. The molecule has 5 heteroatoms. The first-order valence-corrected chi connectivity index (χ1v) is 4.98. The van der Waals surface area contributed by atoms with Gasteiger partial charge < -0.3 is 15.1 Å². The molecule has 2 N–H and O–H groups in total. The van der Waals surface area contributed by atoms with E-state index in [9.17, 15) is 0 Å². The summed E-state index contributed by atoms with van der Waals surface area (Å²) in [6.45, 7) is 2.68. The van der Waals surface area contributed by atoms with E-state index in [4.69, 9.17) is 10.2 Å². The highest BCUT2D eigenvalue weighted by Crippen LogP contribution is 2.15. The first-order chi connectivity index (χ1) is 7.66. The molecule has 0 aromatic carbocycles. The Hall–Kier alpha value is -2.04. The monoisotopic (exact) mass is 218 g/mol. The molecule has 2 heterocycles. The number of rotatable bonds is 3. The smallest absolute Gasteiger partial charge is 0.147 e. The number of aryl methyl sites for hydroxylation is 1. The summed E-state index contributed by atoms with van der Waals surface area (Å²) in [4.78, 5) is 10.2. The van der Waals surface area contributed by atoms with Gasteiger partial charge in [0.15, 0.2) is 0 Å². The molecule has 0 aliphatic carbocycles. The van der Waals surface area contributed by atoms with E-state index < -0.39 is 0 Å². The van der Waals surface area contributed by atoms with Crippen molar-refractivity contribution in [1.29, 1.82) is 0 Å². The molecule has 0 aliphatic heterocycles. The van der Waals surface area contributed by atoms with E-state index in [1.807, 2.05) is 24.9 Å². The maximum Gasteiger partial charge on any atom is 0.147 e. The molecule has 0 atom stereocenters. The first-order valence-electron chi connectivity index (χ1n) is 4.98. The van der Waals surface area contributed by atoms with Gasteiger partial charge >= 0.3 is 0 Å². The average Bonchev–Trinajstić information content (AvgIpc) is 2.65. The lowest BCUT2D eigenvalue weighted by molar-refractivity contribution is 0.529. The van der Waals surface area contributed by atoms with Gasteiger partial charge in [-0.2, -0.15) is 0 Å². The van der Waals surface area contributed by atoms with Crippen molar-refractivity contribution in [1.82, 2.24) is 9.97 Å². The van der Waals surface area contributed by atoms with Crippen LogP contribution in [0.5, 0.6) is 0 Å². The summed E-state index contributed by atoms with van der Waals surface area (Å²) in [5.41, 5.74) is 6.62. The van der Waals surface area contributed by atoms with Gasteiger partial charge in [0.05, 0.1) is 18.7 Å². The molecule has 2 rings (SSSR count). The fourth-order valence-corrected chi connectivity index (χ4v) is 1.44. The molecular weight excluding hydrogens is 204 g/mol. The molecule has 0 spiro atoms. The highest BCUT2D eigenvalue weighted by atomic mass is 16.3. The molecule has 0 unspecified atom stereocenters. The van der Waals surface area contributed by atoms with Crippen LogP contribution in [0.25, 0.3) is 0 Å². The summed E-state index contributed by atoms with van der Waals surface area (Å²) < 4.78 is 5.24. The van der Waals surface area contributed by atoms with Crippen molar-refractivity contribution in [3.05, 3.63) is 36.0 Å². The lowest BCUT2D eigenvalue weighted by atomic mass is 10.2. The first kappa shape index (κ1) is 10.5. The van der Waals surface area contributed by atoms with Crippen molar-refractivity contribution in [2.75, 3.05) is 17.7 Å². The zero-order chi connectivity index (χ0) is 11.5. The summed E-state index contributed by atoms with van der Waals surface area (Å²) in [5.74, 6) is 2.14. The average molecular weight is 218 g/mol. The Morgan fingerprint density at radius 3 is 2.75 bits per heavy atom. The molecular formula is C11H14N4O. The molecule has 0 amide bonds. The molecule has 2 aromatic heterocycles. The van der Waals surface area contributed by atoms with Gasteiger partial charge in [-0.15, -0.1) is 0 Å². The Labute approximate surface area is 93.9 Å². The van der Waals surface area contributed by atoms with E-state index in [0.29, 0.717) is 5.82 Å². The fourth-order valence-electron chi connectivity index (χ4n) is 1.44. The highest BCUT2D eigenvalue weighted by Gasteiger charge is 2.07. The minimum Gasteiger partial charge on any atom is -0.469 e. The fraction of sp³-hybridized carbons (Fsp3) is 0.273. The van der Waals surface area contributed by atoms with Crippen LogP contribution in [-0.4, -0.2) is 17.0 Å². The lowest BCUT2D eigenvalue weighted by Gasteiger charge is -2.16. The predicted molar refractivity (Wildman–Crippen MR) is 62.0 cm³/mol. The SMILES string of the molecule is Cc1occc1CN(C)c1cnc(N)cn1. The van der Waals surface area contributed by atoms with Crippen LogP contribution in [0.1, 0.15) is 11.3 Å². The largest absolute Gasteiger partial charge is 0.469 e. The summed E-state index contributed by atoms with van der Waals surface area (Å²) in [6, 6.07) is 1.95. The molecule has 16 heavy (non-hydrogen) atoms. The van der Waals surface area contributed by atoms with Crippen LogP contribution in [0.2, 0.25) is 0 Å². The number of aromatic nitrogens is 2. The molecule has 0 saturated heterocycles. The molecule has 0 fully saturated rings. The van der Waals surface area contributed by atoms with Crippen molar-refractivity contribution in [3.63, 3.8) is 0 Å². The van der Waals surface area contributed by atoms with Gasteiger partial charge in [0, 0.05) is 19.2 Å². The number of nitrogen functional groups attached to an aromatic ring is 1. The maximum atomic E-state index is 5.48. The number of nitrogens with zero attached hydrogens (tertiary/aromatic N) is 3. The summed E-state index contributed by atoms with van der Waals surface area (Å²) in [5, 5.41) is 0. The minimum absolute atomic E-state index is 0.427. The van der Waals surface area contributed by atoms with Gasteiger partial charge in [-0.3, -0.25) is 0 Å². The Bertz CT molecular complexity index is 463. The molecule has 2 aromatic rings. The van der Waals surface area contributed by atoms with Crippen LogP contribution in [0.15, 0.2) is 29.1 Å². The Morgan fingerprint density at radius 1 is 1.38 bits per heavy atom. The van der Waals surface area contributed by atoms with E-state index in [-0.39, 0.29) is 0 Å². The molecule has 5 nitrogen and oxygen atoms in total. The van der Waals surface area contributed by atoms with Crippen LogP contribution in [-0.2, 0) is 6.54 Å². The van der Waals surface area contributed by atoms with Crippen LogP contribution in [0.3, 0.4) is 0 Å². The molecule has 84 valence electrons. The van der Waals surface area contributed by atoms with Crippen molar-refractivity contribution < 1.29 is 4.42 Å². The minimum atomic E-state index is 0.427. The van der Waals surface area contributed by atoms with E-state index in [1.165, 1.54) is 0 Å². The van der Waals surface area contributed by atoms with Crippen LogP contribution >= 0.6 is 0 Å². The lowest BCUT2D eigenvalue weighted by Crippen LogP contribution is -2.18. The van der Waals surface area contributed by atoms with E-state index in [2.05, 4.69) is 9.97 Å². The number of anilines is 2. The van der Waals surface area contributed by atoms with Gasteiger partial charge in [0.25, 0.3) is 0 Å². The van der Waals surface area contributed by atoms with Gasteiger partial charge in [-0.05, 0) is 13.0 Å². The zero-order valence-electron chi connectivity index (χ0n) is 9.34. The Morgan fingerprint density at radius 2 is 2.19 bits per heavy atom. The molecule has 0 saturated carbocycles. The van der Waals surface area contributed by atoms with Gasteiger partial charge in [0.2, 0.25) is 0 Å². The number of hydrogen-bond donors (Lipinski definition) is 1. The molecule has 0 bridgehead atoms. The van der Waals surface area contributed by atoms with Crippen LogP contribution in [0, 0.1) is 6.92 Å². The van der Waals surface area contributed by atoms with Gasteiger partial charge in [-0.25, -0.2) is 9.97 Å². The zero-order valence-corrected chi connectivity index (χ0v) is 9.34. The molecule has 0 radical (unpaired) electrons. The van der Waals surface area contributed by atoms with Crippen molar-refractivity contribution in [3.8, 4) is 0 Å².